The summed E-state index contributed by atoms with van der Waals surface area (Å²) in [6, 6.07) is 8.35. The molecule has 0 amide bonds. The lowest BCUT2D eigenvalue weighted by Crippen LogP contribution is -2.30. The van der Waals surface area contributed by atoms with Gasteiger partial charge in [0.25, 0.3) is 0 Å². The van der Waals surface area contributed by atoms with E-state index in [9.17, 15) is 0 Å². The van der Waals surface area contributed by atoms with Crippen LogP contribution in [0, 0.1) is 6.92 Å². The van der Waals surface area contributed by atoms with Gasteiger partial charge in [0.1, 0.15) is 0 Å². The van der Waals surface area contributed by atoms with Gasteiger partial charge in [-0.25, -0.2) is 0 Å². The minimum Gasteiger partial charge on any atom is -0.362 e. The Morgan fingerprint density at radius 2 is 2.09 bits per heavy atom. The molecule has 5 nitrogen and oxygen atoms in total. The maximum atomic E-state index is 5.30. The summed E-state index contributed by atoms with van der Waals surface area (Å²) in [5.74, 6) is 0. The zero-order valence-electron chi connectivity index (χ0n) is 14.0. The van der Waals surface area contributed by atoms with Crippen molar-refractivity contribution in [2.24, 2.45) is 0 Å². The van der Waals surface area contributed by atoms with E-state index in [0.717, 1.165) is 31.7 Å². The Labute approximate surface area is 143 Å². The van der Waals surface area contributed by atoms with Gasteiger partial charge in [-0.15, -0.1) is 0 Å². The van der Waals surface area contributed by atoms with Crippen LogP contribution in [0.4, 0.5) is 5.69 Å². The van der Waals surface area contributed by atoms with Gasteiger partial charge in [0, 0.05) is 12.7 Å². The summed E-state index contributed by atoms with van der Waals surface area (Å²) in [7, 11) is 4.14. The monoisotopic (exact) mass is 331 g/mol. The standard InChI is InChI=1S/C17H25N5S/c1-14-7-4-5-8-15(14)12-22-13-16(11-19-22)20-17(23)18-9-6-10-21(2)3/h4-5,7-8,11,13H,6,9-10,12H2,1-3H3,(H2,18,20,23). The quantitative estimate of drug-likeness (QED) is 0.603. The average molecular weight is 331 g/mol. The van der Waals surface area contributed by atoms with Gasteiger partial charge in [0.2, 0.25) is 0 Å². The fourth-order valence-electron chi connectivity index (χ4n) is 2.25. The Bertz CT molecular complexity index is 635. The second-order valence-corrected chi connectivity index (χ2v) is 6.30. The van der Waals surface area contributed by atoms with Crippen molar-refractivity contribution in [2.45, 2.75) is 19.9 Å². The normalized spacial score (nSPS) is 10.8. The van der Waals surface area contributed by atoms with Crippen molar-refractivity contribution in [3.63, 3.8) is 0 Å². The van der Waals surface area contributed by atoms with Crippen molar-refractivity contribution in [3.05, 3.63) is 47.8 Å². The van der Waals surface area contributed by atoms with Gasteiger partial charge in [-0.05, 0) is 57.3 Å². The summed E-state index contributed by atoms with van der Waals surface area (Å²) in [6.07, 6.45) is 4.83. The van der Waals surface area contributed by atoms with Crippen LogP contribution in [0.5, 0.6) is 0 Å². The van der Waals surface area contributed by atoms with E-state index in [1.165, 1.54) is 11.1 Å². The number of hydrogen-bond acceptors (Lipinski definition) is 3. The van der Waals surface area contributed by atoms with Crippen molar-refractivity contribution in [2.75, 3.05) is 32.5 Å². The largest absolute Gasteiger partial charge is 0.362 e. The van der Waals surface area contributed by atoms with Crippen molar-refractivity contribution >= 4 is 23.0 Å². The van der Waals surface area contributed by atoms with Crippen molar-refractivity contribution < 1.29 is 0 Å². The molecule has 0 aliphatic heterocycles. The van der Waals surface area contributed by atoms with E-state index in [1.807, 2.05) is 10.9 Å². The first-order valence-electron chi connectivity index (χ1n) is 7.81. The molecule has 0 bridgehead atoms. The molecule has 0 unspecified atom stereocenters. The van der Waals surface area contributed by atoms with Crippen LogP contribution in [-0.4, -0.2) is 47.0 Å². The molecule has 1 heterocycles. The first-order valence-corrected chi connectivity index (χ1v) is 8.22. The minimum absolute atomic E-state index is 0.638. The molecule has 1 aromatic carbocycles. The van der Waals surface area contributed by atoms with E-state index in [1.54, 1.807) is 6.20 Å². The number of rotatable bonds is 7. The van der Waals surface area contributed by atoms with E-state index in [4.69, 9.17) is 12.2 Å². The van der Waals surface area contributed by atoms with Crippen molar-refractivity contribution in [1.29, 1.82) is 0 Å². The highest BCUT2D eigenvalue weighted by Crippen LogP contribution is 2.11. The number of aryl methyl sites for hydroxylation is 1. The van der Waals surface area contributed by atoms with Gasteiger partial charge < -0.3 is 15.5 Å². The van der Waals surface area contributed by atoms with Gasteiger partial charge in [0.15, 0.2) is 5.11 Å². The Balaban J connectivity index is 1.80. The molecule has 6 heteroatoms. The maximum Gasteiger partial charge on any atom is 0.170 e. The molecule has 2 rings (SSSR count). The second-order valence-electron chi connectivity index (χ2n) is 5.89. The van der Waals surface area contributed by atoms with Gasteiger partial charge in [-0.2, -0.15) is 5.10 Å². The zero-order valence-corrected chi connectivity index (χ0v) is 14.9. The topological polar surface area (TPSA) is 45.1 Å². The van der Waals surface area contributed by atoms with Crippen LogP contribution in [0.2, 0.25) is 0 Å². The minimum atomic E-state index is 0.638. The van der Waals surface area contributed by atoms with E-state index in [0.29, 0.717) is 5.11 Å². The van der Waals surface area contributed by atoms with E-state index < -0.39 is 0 Å². The summed E-state index contributed by atoms with van der Waals surface area (Å²) < 4.78 is 1.92. The number of thiocarbonyl (C=S) groups is 1. The molecule has 0 saturated heterocycles. The van der Waals surface area contributed by atoms with Gasteiger partial charge in [0.05, 0.1) is 18.4 Å². The molecule has 1 aromatic heterocycles. The molecule has 0 aliphatic rings. The molecule has 2 aromatic rings. The third kappa shape index (κ3) is 6.00. The molecule has 23 heavy (non-hydrogen) atoms. The Morgan fingerprint density at radius 3 is 2.83 bits per heavy atom. The molecular weight excluding hydrogens is 306 g/mol. The highest BCUT2D eigenvalue weighted by molar-refractivity contribution is 7.80. The molecule has 0 spiro atoms. The fraction of sp³-hybridized carbons (Fsp3) is 0.412. The van der Waals surface area contributed by atoms with Crippen LogP contribution >= 0.6 is 12.2 Å². The summed E-state index contributed by atoms with van der Waals surface area (Å²) in [4.78, 5) is 2.16. The molecule has 0 aliphatic carbocycles. The third-order valence-electron chi connectivity index (χ3n) is 3.55. The molecule has 0 radical (unpaired) electrons. The van der Waals surface area contributed by atoms with Crippen LogP contribution in [0.25, 0.3) is 0 Å². The number of aromatic nitrogens is 2. The SMILES string of the molecule is Cc1ccccc1Cn1cc(NC(=S)NCCCN(C)C)cn1. The number of nitrogens with one attached hydrogen (secondary N) is 2. The first kappa shape index (κ1) is 17.4. The summed E-state index contributed by atoms with van der Waals surface area (Å²) in [5, 5.41) is 11.4. The molecular formula is C17H25N5S. The lowest BCUT2D eigenvalue weighted by Gasteiger charge is -2.11. The predicted octanol–water partition coefficient (Wildman–Crippen LogP) is 2.48. The highest BCUT2D eigenvalue weighted by atomic mass is 32.1. The molecule has 124 valence electrons. The van der Waals surface area contributed by atoms with Crippen LogP contribution in [0.15, 0.2) is 36.7 Å². The van der Waals surface area contributed by atoms with Crippen LogP contribution in [-0.2, 0) is 6.54 Å². The number of benzene rings is 1. The highest BCUT2D eigenvalue weighted by Gasteiger charge is 2.03. The van der Waals surface area contributed by atoms with E-state index in [-0.39, 0.29) is 0 Å². The predicted molar refractivity (Wildman–Crippen MR) is 99.9 cm³/mol. The molecule has 0 saturated carbocycles. The van der Waals surface area contributed by atoms with E-state index in [2.05, 4.69) is 65.9 Å². The number of nitrogens with zero attached hydrogens (tertiary/aromatic N) is 3. The van der Waals surface area contributed by atoms with Crippen molar-refractivity contribution in [3.8, 4) is 0 Å². The lowest BCUT2D eigenvalue weighted by atomic mass is 10.1. The summed E-state index contributed by atoms with van der Waals surface area (Å²) in [5.41, 5.74) is 3.45. The van der Waals surface area contributed by atoms with Crippen LogP contribution < -0.4 is 10.6 Å². The second kappa shape index (κ2) is 8.64. The molecule has 0 fully saturated rings. The lowest BCUT2D eigenvalue weighted by molar-refractivity contribution is 0.400. The molecule has 0 atom stereocenters. The third-order valence-corrected chi connectivity index (χ3v) is 3.80. The first-order chi connectivity index (χ1) is 11.0. The van der Waals surface area contributed by atoms with Crippen LogP contribution in [0.3, 0.4) is 0 Å². The van der Waals surface area contributed by atoms with Crippen LogP contribution in [0.1, 0.15) is 17.5 Å². The Kier molecular flexibility index (Phi) is 6.55. The zero-order chi connectivity index (χ0) is 16.7. The van der Waals surface area contributed by atoms with Crippen molar-refractivity contribution in [1.82, 2.24) is 20.0 Å². The van der Waals surface area contributed by atoms with E-state index >= 15 is 0 Å². The smallest absolute Gasteiger partial charge is 0.170 e. The van der Waals surface area contributed by atoms with Gasteiger partial charge in [-0.3, -0.25) is 4.68 Å². The number of hydrogen-bond donors (Lipinski definition) is 2. The average Bonchev–Trinajstić information content (AvgIpc) is 2.93. The summed E-state index contributed by atoms with van der Waals surface area (Å²) in [6.45, 7) is 4.79. The fourth-order valence-corrected chi connectivity index (χ4v) is 2.47. The summed E-state index contributed by atoms with van der Waals surface area (Å²) >= 11 is 5.30. The van der Waals surface area contributed by atoms with Gasteiger partial charge >= 0.3 is 0 Å². The van der Waals surface area contributed by atoms with Gasteiger partial charge in [-0.1, -0.05) is 24.3 Å². The maximum absolute atomic E-state index is 5.30. The Hall–Kier alpha value is -1.92. The molecule has 2 N–H and O–H groups in total. The Morgan fingerprint density at radius 1 is 1.30 bits per heavy atom. The number of anilines is 1.